The van der Waals surface area contributed by atoms with Crippen molar-refractivity contribution in [3.05, 3.63) is 107 Å². The van der Waals surface area contributed by atoms with Crippen LogP contribution in [-0.4, -0.2) is 28.4 Å². The number of carbonyl (C=O) groups is 2. The van der Waals surface area contributed by atoms with Gasteiger partial charge in [0.1, 0.15) is 5.76 Å². The van der Waals surface area contributed by atoms with Crippen LogP contribution in [0.1, 0.15) is 24.0 Å². The topological polar surface area (TPSA) is 57.6 Å². The Morgan fingerprint density at radius 1 is 0.759 bits per heavy atom. The number of hydrogen-bond acceptors (Lipinski definition) is 3. The SMILES string of the molecule is O=C1C(c2ccccc2)=C(c2ccccc2)C(=O)N1CCC1=CCC=C(O)C=C1. The second kappa shape index (κ2) is 8.15. The lowest BCUT2D eigenvalue weighted by molar-refractivity contribution is -0.135. The molecule has 1 aliphatic heterocycles. The number of carbonyl (C=O) groups excluding carboxylic acids is 2. The molecule has 29 heavy (non-hydrogen) atoms. The molecule has 0 atom stereocenters. The molecular weight excluding hydrogens is 362 g/mol. The maximum absolute atomic E-state index is 13.3. The average Bonchev–Trinajstić information content (AvgIpc) is 2.87. The van der Waals surface area contributed by atoms with Gasteiger partial charge < -0.3 is 5.11 Å². The van der Waals surface area contributed by atoms with Crippen molar-refractivity contribution in [3.63, 3.8) is 0 Å². The van der Waals surface area contributed by atoms with Crippen LogP contribution in [0.25, 0.3) is 11.1 Å². The van der Waals surface area contributed by atoms with Gasteiger partial charge >= 0.3 is 0 Å². The number of rotatable bonds is 5. The first-order valence-corrected chi connectivity index (χ1v) is 9.62. The van der Waals surface area contributed by atoms with E-state index in [4.69, 9.17) is 0 Å². The molecule has 0 aromatic heterocycles. The molecule has 2 aromatic carbocycles. The van der Waals surface area contributed by atoms with Crippen LogP contribution in [0.3, 0.4) is 0 Å². The van der Waals surface area contributed by atoms with Crippen molar-refractivity contribution in [2.75, 3.05) is 6.54 Å². The van der Waals surface area contributed by atoms with Crippen LogP contribution < -0.4 is 0 Å². The summed E-state index contributed by atoms with van der Waals surface area (Å²) in [5.41, 5.74) is 3.38. The summed E-state index contributed by atoms with van der Waals surface area (Å²) in [6, 6.07) is 18.7. The molecule has 0 unspecified atom stereocenters. The highest BCUT2D eigenvalue weighted by Gasteiger charge is 2.39. The molecule has 1 N–H and O–H groups in total. The zero-order valence-electron chi connectivity index (χ0n) is 15.9. The quantitative estimate of drug-likeness (QED) is 0.763. The van der Waals surface area contributed by atoms with E-state index in [1.165, 1.54) is 4.90 Å². The van der Waals surface area contributed by atoms with E-state index < -0.39 is 0 Å². The Kier molecular flexibility index (Phi) is 5.25. The first kappa shape index (κ1) is 18.7. The first-order valence-electron chi connectivity index (χ1n) is 9.62. The first-order chi connectivity index (χ1) is 14.1. The molecule has 2 aromatic rings. The summed E-state index contributed by atoms with van der Waals surface area (Å²) in [4.78, 5) is 27.8. The highest BCUT2D eigenvalue weighted by Crippen LogP contribution is 2.35. The molecule has 0 bridgehead atoms. The van der Waals surface area contributed by atoms with Gasteiger partial charge in [0.15, 0.2) is 0 Å². The molecule has 0 fully saturated rings. The highest BCUT2D eigenvalue weighted by atomic mass is 16.3. The Labute approximate surface area is 169 Å². The summed E-state index contributed by atoms with van der Waals surface area (Å²) >= 11 is 0. The van der Waals surface area contributed by atoms with Crippen LogP contribution in [0.2, 0.25) is 0 Å². The Balaban J connectivity index is 1.64. The van der Waals surface area contributed by atoms with E-state index in [1.54, 1.807) is 12.2 Å². The number of benzene rings is 2. The van der Waals surface area contributed by atoms with E-state index in [-0.39, 0.29) is 17.6 Å². The second-order valence-corrected chi connectivity index (χ2v) is 6.97. The molecule has 0 saturated heterocycles. The normalized spacial score (nSPS) is 16.8. The van der Waals surface area contributed by atoms with E-state index in [0.29, 0.717) is 30.5 Å². The Hall–Kier alpha value is -3.66. The molecule has 2 aliphatic rings. The van der Waals surface area contributed by atoms with Crippen molar-refractivity contribution in [1.29, 1.82) is 0 Å². The third kappa shape index (κ3) is 3.83. The third-order valence-corrected chi connectivity index (χ3v) is 5.09. The molecule has 4 rings (SSSR count). The average molecular weight is 383 g/mol. The van der Waals surface area contributed by atoms with Crippen LogP contribution in [0.5, 0.6) is 0 Å². The van der Waals surface area contributed by atoms with Crippen molar-refractivity contribution in [2.24, 2.45) is 0 Å². The van der Waals surface area contributed by atoms with E-state index in [1.807, 2.05) is 72.8 Å². The van der Waals surface area contributed by atoms with Crippen molar-refractivity contribution in [3.8, 4) is 0 Å². The molecular formula is C25H21NO3. The maximum Gasteiger partial charge on any atom is 0.262 e. The maximum atomic E-state index is 13.3. The lowest BCUT2D eigenvalue weighted by Gasteiger charge is -2.15. The minimum Gasteiger partial charge on any atom is -0.508 e. The largest absolute Gasteiger partial charge is 0.508 e. The van der Waals surface area contributed by atoms with Gasteiger partial charge in [-0.1, -0.05) is 72.8 Å². The summed E-state index contributed by atoms with van der Waals surface area (Å²) in [5.74, 6) is -0.303. The molecule has 2 amide bonds. The molecule has 4 heteroatoms. The Bertz CT molecular complexity index is 998. The number of allylic oxidation sites excluding steroid dienone is 4. The Morgan fingerprint density at radius 3 is 1.86 bits per heavy atom. The van der Waals surface area contributed by atoms with Gasteiger partial charge in [-0.15, -0.1) is 0 Å². The van der Waals surface area contributed by atoms with Gasteiger partial charge in [0.25, 0.3) is 11.8 Å². The monoisotopic (exact) mass is 383 g/mol. The van der Waals surface area contributed by atoms with Crippen LogP contribution in [-0.2, 0) is 9.59 Å². The zero-order chi connectivity index (χ0) is 20.2. The molecule has 4 nitrogen and oxygen atoms in total. The second-order valence-electron chi connectivity index (χ2n) is 6.97. The van der Waals surface area contributed by atoms with Gasteiger partial charge in [-0.25, -0.2) is 0 Å². The van der Waals surface area contributed by atoms with Gasteiger partial charge in [0, 0.05) is 6.54 Å². The lowest BCUT2D eigenvalue weighted by atomic mass is 9.96. The molecule has 0 spiro atoms. The number of aliphatic hydroxyl groups excluding tert-OH is 1. The molecule has 0 radical (unpaired) electrons. The molecule has 144 valence electrons. The van der Waals surface area contributed by atoms with Crippen LogP contribution in [0.4, 0.5) is 0 Å². The van der Waals surface area contributed by atoms with Gasteiger partial charge in [-0.2, -0.15) is 0 Å². The number of aliphatic hydroxyl groups is 1. The van der Waals surface area contributed by atoms with Crippen LogP contribution >= 0.6 is 0 Å². The highest BCUT2D eigenvalue weighted by molar-refractivity contribution is 6.48. The van der Waals surface area contributed by atoms with Gasteiger partial charge in [0.2, 0.25) is 0 Å². The zero-order valence-corrected chi connectivity index (χ0v) is 15.9. The summed E-state index contributed by atoms with van der Waals surface area (Å²) < 4.78 is 0. The van der Waals surface area contributed by atoms with Crippen molar-refractivity contribution in [2.45, 2.75) is 12.8 Å². The minimum absolute atomic E-state index is 0.226. The number of hydrogen-bond donors (Lipinski definition) is 1. The fourth-order valence-corrected chi connectivity index (χ4v) is 3.61. The van der Waals surface area contributed by atoms with Crippen molar-refractivity contribution in [1.82, 2.24) is 4.90 Å². The predicted octanol–water partition coefficient (Wildman–Crippen LogP) is 4.68. The van der Waals surface area contributed by atoms with Gasteiger partial charge in [0.05, 0.1) is 11.1 Å². The van der Waals surface area contributed by atoms with Crippen LogP contribution in [0.15, 0.2) is 96.3 Å². The summed E-state index contributed by atoms with van der Waals surface area (Å²) in [6.07, 6.45) is 8.34. The number of imide groups is 1. The standard InChI is InChI=1S/C25H21NO3/c27-21-13-7-8-18(14-15-21)16-17-26-24(28)22(19-9-3-1-4-10-19)23(25(26)29)20-11-5-2-6-12-20/h1-6,8-15,27H,7,16-17H2. The third-order valence-electron chi connectivity index (χ3n) is 5.09. The fourth-order valence-electron chi connectivity index (χ4n) is 3.61. The fraction of sp³-hybridized carbons (Fsp3) is 0.120. The Morgan fingerprint density at radius 2 is 1.31 bits per heavy atom. The minimum atomic E-state index is -0.265. The molecule has 1 heterocycles. The lowest BCUT2D eigenvalue weighted by Crippen LogP contribution is -2.32. The predicted molar refractivity (Wildman–Crippen MR) is 114 cm³/mol. The number of nitrogens with zero attached hydrogens (tertiary/aromatic N) is 1. The molecule has 1 aliphatic carbocycles. The summed E-state index contributed by atoms with van der Waals surface area (Å²) in [5, 5.41) is 9.61. The van der Waals surface area contributed by atoms with E-state index in [0.717, 1.165) is 16.7 Å². The van der Waals surface area contributed by atoms with Crippen molar-refractivity contribution < 1.29 is 14.7 Å². The van der Waals surface area contributed by atoms with Gasteiger partial charge in [-0.05, 0) is 41.7 Å². The summed E-state index contributed by atoms with van der Waals surface area (Å²) in [6.45, 7) is 0.293. The smallest absolute Gasteiger partial charge is 0.262 e. The number of amides is 2. The van der Waals surface area contributed by atoms with Crippen LogP contribution in [0, 0.1) is 0 Å². The van der Waals surface area contributed by atoms with E-state index in [9.17, 15) is 14.7 Å². The van der Waals surface area contributed by atoms with Crippen molar-refractivity contribution >= 4 is 23.0 Å². The van der Waals surface area contributed by atoms with Gasteiger partial charge in [-0.3, -0.25) is 14.5 Å². The van der Waals surface area contributed by atoms with E-state index in [2.05, 4.69) is 0 Å². The van der Waals surface area contributed by atoms with E-state index >= 15 is 0 Å². The summed E-state index contributed by atoms with van der Waals surface area (Å²) in [7, 11) is 0. The molecule has 0 saturated carbocycles.